The predicted octanol–water partition coefficient (Wildman–Crippen LogP) is 3.25. The Balaban J connectivity index is 0.00000722. The number of carbonyl (C=O) groups excluding carboxylic acids is 4. The first-order valence-electron chi connectivity index (χ1n) is 13.0. The minimum Gasteiger partial charge on any atom is -0.351 e. The van der Waals surface area contributed by atoms with Crippen LogP contribution >= 0.6 is 12.4 Å². The second-order valence-corrected chi connectivity index (χ2v) is 9.46. The first-order valence-corrected chi connectivity index (χ1v) is 13.0. The van der Waals surface area contributed by atoms with E-state index in [1.165, 1.54) is 0 Å². The molecule has 9 heteroatoms. The van der Waals surface area contributed by atoms with E-state index in [0.29, 0.717) is 24.1 Å². The van der Waals surface area contributed by atoms with Gasteiger partial charge in [0.25, 0.3) is 11.8 Å². The zero-order chi connectivity index (χ0) is 27.2. The summed E-state index contributed by atoms with van der Waals surface area (Å²) < 4.78 is 0. The van der Waals surface area contributed by atoms with Gasteiger partial charge in [0.2, 0.25) is 5.91 Å². The number of carbonyl (C=O) groups is 4. The number of hydrogen-bond donors (Lipinski definition) is 3. The molecule has 3 amide bonds. The average molecular weight is 545 g/mol. The Hall–Kier alpha value is -3.23. The third kappa shape index (κ3) is 11.0. The van der Waals surface area contributed by atoms with E-state index in [9.17, 15) is 19.2 Å². The molecule has 0 aliphatic heterocycles. The van der Waals surface area contributed by atoms with Gasteiger partial charge in [0, 0.05) is 30.6 Å². The highest BCUT2D eigenvalue weighted by Gasteiger charge is 2.24. The molecule has 0 radical (unpaired) electrons. The van der Waals surface area contributed by atoms with E-state index < -0.39 is 23.9 Å². The highest BCUT2D eigenvalue weighted by atomic mass is 35.5. The van der Waals surface area contributed by atoms with Gasteiger partial charge in [0.15, 0.2) is 0 Å². The number of aldehydes is 1. The Morgan fingerprint density at radius 3 is 1.97 bits per heavy atom. The molecule has 0 aliphatic rings. The molecule has 0 spiro atoms. The average Bonchev–Trinajstić information content (AvgIpc) is 2.90. The fraction of sp³-hybridized carbons (Fsp3) is 0.448. The van der Waals surface area contributed by atoms with Crippen LogP contribution in [0.2, 0.25) is 0 Å². The Kier molecular flexibility index (Phi) is 14.9. The van der Waals surface area contributed by atoms with Crippen LogP contribution in [0.5, 0.6) is 0 Å². The lowest BCUT2D eigenvalue weighted by molar-refractivity contribution is -0.125. The van der Waals surface area contributed by atoms with Crippen LogP contribution in [-0.4, -0.2) is 67.2 Å². The number of likely N-dealkylation sites (N-methyl/N-ethyl adjacent to an activating group) is 1. The first kappa shape index (κ1) is 32.8. The summed E-state index contributed by atoms with van der Waals surface area (Å²) in [5, 5.41) is 8.45. The zero-order valence-electron chi connectivity index (χ0n) is 22.7. The quantitative estimate of drug-likeness (QED) is 0.298. The number of halogens is 1. The van der Waals surface area contributed by atoms with Crippen molar-refractivity contribution in [3.8, 4) is 0 Å². The second-order valence-electron chi connectivity index (χ2n) is 9.46. The van der Waals surface area contributed by atoms with E-state index in [1.807, 2.05) is 44.2 Å². The molecule has 2 aromatic rings. The molecule has 0 unspecified atom stereocenters. The maximum absolute atomic E-state index is 13.1. The van der Waals surface area contributed by atoms with Crippen molar-refractivity contribution in [2.75, 3.05) is 26.2 Å². The van der Waals surface area contributed by atoms with Crippen LogP contribution in [0.4, 0.5) is 0 Å². The lowest BCUT2D eigenvalue weighted by atomic mass is 10.0. The topological polar surface area (TPSA) is 108 Å². The maximum atomic E-state index is 13.1. The summed E-state index contributed by atoms with van der Waals surface area (Å²) in [5.74, 6) is -0.827. The molecule has 0 bridgehead atoms. The van der Waals surface area contributed by atoms with E-state index in [1.54, 1.807) is 24.3 Å². The summed E-state index contributed by atoms with van der Waals surface area (Å²) in [5.41, 5.74) is 1.67. The molecule has 38 heavy (non-hydrogen) atoms. The van der Waals surface area contributed by atoms with Crippen molar-refractivity contribution in [2.45, 2.75) is 52.6 Å². The maximum Gasteiger partial charge on any atom is 0.251 e. The van der Waals surface area contributed by atoms with Crippen LogP contribution in [-0.2, 0) is 16.0 Å². The second kappa shape index (κ2) is 17.3. The van der Waals surface area contributed by atoms with Gasteiger partial charge < -0.3 is 25.6 Å². The Bertz CT molecular complexity index is 1010. The molecular weight excluding hydrogens is 504 g/mol. The van der Waals surface area contributed by atoms with Crippen LogP contribution in [0.15, 0.2) is 54.6 Å². The summed E-state index contributed by atoms with van der Waals surface area (Å²) >= 11 is 0. The van der Waals surface area contributed by atoms with Crippen molar-refractivity contribution in [2.24, 2.45) is 5.92 Å². The number of nitrogens with zero attached hydrogens (tertiary/aromatic N) is 1. The fourth-order valence-electron chi connectivity index (χ4n) is 3.98. The SMILES string of the molecule is CCN(CC)CCNC(=O)c1ccc(C(=O)N[C@@H](Cc2ccccc2)C(=O)N[C@H](C=O)CC(C)C)cc1.Cl. The van der Waals surface area contributed by atoms with Crippen LogP contribution < -0.4 is 16.0 Å². The largest absolute Gasteiger partial charge is 0.351 e. The van der Waals surface area contributed by atoms with E-state index in [-0.39, 0.29) is 30.7 Å². The van der Waals surface area contributed by atoms with Gasteiger partial charge in [-0.05, 0) is 55.3 Å². The fourth-order valence-corrected chi connectivity index (χ4v) is 3.98. The van der Waals surface area contributed by atoms with Crippen molar-refractivity contribution in [1.82, 2.24) is 20.9 Å². The minimum atomic E-state index is -0.868. The van der Waals surface area contributed by atoms with Gasteiger partial charge in [0.1, 0.15) is 12.3 Å². The lowest BCUT2D eigenvalue weighted by Crippen LogP contribution is -2.51. The van der Waals surface area contributed by atoms with Gasteiger partial charge >= 0.3 is 0 Å². The summed E-state index contributed by atoms with van der Waals surface area (Å²) in [4.78, 5) is 52.2. The molecule has 2 atom stereocenters. The number of benzene rings is 2. The van der Waals surface area contributed by atoms with Gasteiger partial charge in [-0.25, -0.2) is 0 Å². The molecule has 2 aromatic carbocycles. The summed E-state index contributed by atoms with van der Waals surface area (Å²) in [6, 6.07) is 14.2. The van der Waals surface area contributed by atoms with Crippen LogP contribution in [0, 0.1) is 5.92 Å². The van der Waals surface area contributed by atoms with Gasteiger partial charge in [-0.1, -0.05) is 58.0 Å². The van der Waals surface area contributed by atoms with Gasteiger partial charge in [-0.15, -0.1) is 12.4 Å². The standard InChI is InChI=1S/C29H40N4O4.ClH/c1-5-33(6-2)17-16-30-27(35)23-12-14-24(15-13-23)28(36)32-26(19-22-10-8-7-9-11-22)29(37)31-25(20-34)18-21(3)4;/h7-15,20-21,25-26H,5-6,16-19H2,1-4H3,(H,30,35)(H,31,37)(H,32,36);1H/t25-,26-;/m0./s1. The third-order valence-electron chi connectivity index (χ3n) is 6.14. The normalized spacial score (nSPS) is 12.3. The molecule has 0 fully saturated rings. The third-order valence-corrected chi connectivity index (χ3v) is 6.14. The van der Waals surface area contributed by atoms with Crippen molar-refractivity contribution >= 4 is 36.4 Å². The minimum absolute atomic E-state index is 0. The number of nitrogens with one attached hydrogen (secondary N) is 3. The highest BCUT2D eigenvalue weighted by Crippen LogP contribution is 2.09. The van der Waals surface area contributed by atoms with Crippen LogP contribution in [0.1, 0.15) is 60.4 Å². The van der Waals surface area contributed by atoms with Crippen molar-refractivity contribution in [1.29, 1.82) is 0 Å². The molecule has 8 nitrogen and oxygen atoms in total. The van der Waals surface area contributed by atoms with Gasteiger partial charge in [-0.3, -0.25) is 14.4 Å². The Morgan fingerprint density at radius 1 is 0.868 bits per heavy atom. The molecule has 0 saturated heterocycles. The molecule has 0 heterocycles. The van der Waals surface area contributed by atoms with E-state index in [2.05, 4.69) is 34.7 Å². The number of rotatable bonds is 15. The molecule has 208 valence electrons. The van der Waals surface area contributed by atoms with E-state index >= 15 is 0 Å². The first-order chi connectivity index (χ1) is 17.8. The summed E-state index contributed by atoms with van der Waals surface area (Å²) in [6.45, 7) is 11.3. The number of amides is 3. The summed E-state index contributed by atoms with van der Waals surface area (Å²) in [7, 11) is 0. The smallest absolute Gasteiger partial charge is 0.251 e. The zero-order valence-corrected chi connectivity index (χ0v) is 23.6. The number of hydrogen-bond acceptors (Lipinski definition) is 5. The molecule has 0 aromatic heterocycles. The lowest BCUT2D eigenvalue weighted by Gasteiger charge is -2.22. The van der Waals surface area contributed by atoms with E-state index in [0.717, 1.165) is 31.5 Å². The van der Waals surface area contributed by atoms with E-state index in [4.69, 9.17) is 0 Å². The summed E-state index contributed by atoms with van der Waals surface area (Å²) in [6.07, 6.45) is 1.52. The van der Waals surface area contributed by atoms with Crippen molar-refractivity contribution in [3.63, 3.8) is 0 Å². The Morgan fingerprint density at radius 2 is 1.45 bits per heavy atom. The molecule has 2 rings (SSSR count). The molecule has 3 N–H and O–H groups in total. The predicted molar refractivity (Wildman–Crippen MR) is 153 cm³/mol. The Labute approximate surface area is 232 Å². The monoisotopic (exact) mass is 544 g/mol. The molecule has 0 aliphatic carbocycles. The highest BCUT2D eigenvalue weighted by molar-refractivity contribution is 5.99. The molecule has 0 saturated carbocycles. The van der Waals surface area contributed by atoms with Gasteiger partial charge in [0.05, 0.1) is 6.04 Å². The van der Waals surface area contributed by atoms with Crippen molar-refractivity contribution < 1.29 is 19.2 Å². The van der Waals surface area contributed by atoms with Crippen LogP contribution in [0.25, 0.3) is 0 Å². The van der Waals surface area contributed by atoms with Crippen LogP contribution in [0.3, 0.4) is 0 Å². The molecular formula is C29H41ClN4O4. The van der Waals surface area contributed by atoms with Crippen molar-refractivity contribution in [3.05, 3.63) is 71.3 Å². The van der Waals surface area contributed by atoms with Gasteiger partial charge in [-0.2, -0.15) is 0 Å².